The van der Waals surface area contributed by atoms with Crippen LogP contribution < -0.4 is 14.8 Å². The molecule has 2 aromatic rings. The van der Waals surface area contributed by atoms with Gasteiger partial charge in [-0.15, -0.1) is 0 Å². The first-order valence-electron chi connectivity index (χ1n) is 11.8. The third kappa shape index (κ3) is 6.20. The van der Waals surface area contributed by atoms with E-state index in [1.165, 1.54) is 0 Å². The predicted molar refractivity (Wildman–Crippen MR) is 128 cm³/mol. The van der Waals surface area contributed by atoms with Crippen LogP contribution in [0.25, 0.3) is 0 Å². The molecule has 4 rings (SSSR count). The van der Waals surface area contributed by atoms with Gasteiger partial charge < -0.3 is 29.3 Å². The van der Waals surface area contributed by atoms with Crippen LogP contribution in [0.2, 0.25) is 0 Å². The third-order valence-corrected chi connectivity index (χ3v) is 6.23. The highest BCUT2D eigenvalue weighted by Crippen LogP contribution is 2.32. The zero-order valence-electron chi connectivity index (χ0n) is 19.9. The van der Waals surface area contributed by atoms with E-state index in [4.69, 9.17) is 14.2 Å². The van der Waals surface area contributed by atoms with E-state index in [1.807, 2.05) is 35.2 Å². The summed E-state index contributed by atoms with van der Waals surface area (Å²) in [5.41, 5.74) is 1.60. The Morgan fingerprint density at radius 3 is 2.53 bits per heavy atom. The number of morpholine rings is 1. The minimum Gasteiger partial charge on any atom is -0.493 e. The first kappa shape index (κ1) is 23.9. The fraction of sp³-hybridized carbons (Fsp3) is 0.462. The third-order valence-electron chi connectivity index (χ3n) is 6.23. The number of nitrogens with one attached hydrogen (secondary N) is 1. The molecule has 182 valence electrons. The lowest BCUT2D eigenvalue weighted by atomic mass is 10.1. The number of ether oxygens (including phenoxy) is 3. The smallest absolute Gasteiger partial charge is 0.317 e. The van der Waals surface area contributed by atoms with Crippen molar-refractivity contribution in [2.24, 2.45) is 5.92 Å². The maximum Gasteiger partial charge on any atom is 0.317 e. The van der Waals surface area contributed by atoms with E-state index >= 15 is 0 Å². The largest absolute Gasteiger partial charge is 0.493 e. The number of benzene rings is 2. The van der Waals surface area contributed by atoms with Gasteiger partial charge in [0.05, 0.1) is 33.5 Å². The summed E-state index contributed by atoms with van der Waals surface area (Å²) < 4.78 is 16.6. The Bertz CT molecular complexity index is 980. The van der Waals surface area contributed by atoms with E-state index in [9.17, 15) is 9.59 Å². The standard InChI is InChI=1S/C26H33N3O5/c1-32-23-11-10-21(14-24(23)33-2)25(30)29(16-20-8-9-20)18-22-17-28(12-13-34-22)26(31)27-15-19-6-4-3-5-7-19/h3-7,10-11,14,20,22H,8-9,12-13,15-18H2,1-2H3,(H,27,31). The van der Waals surface area contributed by atoms with Crippen LogP contribution in [-0.4, -0.2) is 74.8 Å². The highest BCUT2D eigenvalue weighted by Gasteiger charge is 2.32. The van der Waals surface area contributed by atoms with Crippen LogP contribution in [0.1, 0.15) is 28.8 Å². The van der Waals surface area contributed by atoms with Crippen LogP contribution in [0.15, 0.2) is 48.5 Å². The number of carbonyl (C=O) groups is 2. The fourth-order valence-corrected chi connectivity index (χ4v) is 4.15. The van der Waals surface area contributed by atoms with Crippen LogP contribution in [0.5, 0.6) is 11.5 Å². The molecule has 3 amide bonds. The van der Waals surface area contributed by atoms with Crippen LogP contribution in [0, 0.1) is 5.92 Å². The van der Waals surface area contributed by atoms with Crippen LogP contribution >= 0.6 is 0 Å². The summed E-state index contributed by atoms with van der Waals surface area (Å²) >= 11 is 0. The lowest BCUT2D eigenvalue weighted by Gasteiger charge is -2.36. The van der Waals surface area contributed by atoms with Crippen molar-refractivity contribution in [1.29, 1.82) is 0 Å². The van der Waals surface area contributed by atoms with Gasteiger partial charge in [0.25, 0.3) is 5.91 Å². The Hall–Kier alpha value is -3.26. The Labute approximate surface area is 200 Å². The normalized spacial score (nSPS) is 17.7. The number of urea groups is 1. The second kappa shape index (κ2) is 11.2. The van der Waals surface area contributed by atoms with E-state index in [0.29, 0.717) is 62.3 Å². The summed E-state index contributed by atoms with van der Waals surface area (Å²) in [6.07, 6.45) is 2.03. The number of amides is 3. The molecule has 2 aromatic carbocycles. The fourth-order valence-electron chi connectivity index (χ4n) is 4.15. The van der Waals surface area contributed by atoms with Gasteiger partial charge in [0.1, 0.15) is 0 Å². The Balaban J connectivity index is 1.38. The summed E-state index contributed by atoms with van der Waals surface area (Å²) in [7, 11) is 3.13. The minimum atomic E-state index is -0.237. The monoisotopic (exact) mass is 467 g/mol. The van der Waals surface area contributed by atoms with Crippen molar-refractivity contribution in [1.82, 2.24) is 15.1 Å². The van der Waals surface area contributed by atoms with Crippen molar-refractivity contribution in [3.8, 4) is 11.5 Å². The number of carbonyl (C=O) groups excluding carboxylic acids is 2. The highest BCUT2D eigenvalue weighted by molar-refractivity contribution is 5.95. The van der Waals surface area contributed by atoms with Gasteiger partial charge in [0.2, 0.25) is 0 Å². The summed E-state index contributed by atoms with van der Waals surface area (Å²) in [6.45, 7) is 3.03. The molecule has 1 N–H and O–H groups in total. The van der Waals surface area contributed by atoms with Crippen molar-refractivity contribution in [3.63, 3.8) is 0 Å². The molecule has 0 bridgehead atoms. The van der Waals surface area contributed by atoms with E-state index in [2.05, 4.69) is 5.32 Å². The van der Waals surface area contributed by atoms with Crippen LogP contribution in [0.4, 0.5) is 4.79 Å². The molecule has 1 unspecified atom stereocenters. The predicted octanol–water partition coefficient (Wildman–Crippen LogP) is 3.17. The molecule has 1 heterocycles. The molecule has 1 atom stereocenters. The molecule has 8 nitrogen and oxygen atoms in total. The number of rotatable bonds is 9. The van der Waals surface area contributed by atoms with Gasteiger partial charge in [-0.1, -0.05) is 30.3 Å². The number of nitrogens with zero attached hydrogens (tertiary/aromatic N) is 2. The van der Waals surface area contributed by atoms with E-state index in [1.54, 1.807) is 37.3 Å². The zero-order chi connectivity index (χ0) is 23.9. The number of hydrogen-bond acceptors (Lipinski definition) is 5. The summed E-state index contributed by atoms with van der Waals surface area (Å²) in [4.78, 5) is 29.8. The Morgan fingerprint density at radius 1 is 1.06 bits per heavy atom. The lowest BCUT2D eigenvalue weighted by Crippen LogP contribution is -2.53. The van der Waals surface area contributed by atoms with E-state index in [0.717, 1.165) is 18.4 Å². The van der Waals surface area contributed by atoms with Gasteiger partial charge in [0, 0.05) is 31.7 Å². The van der Waals surface area contributed by atoms with Crippen molar-refractivity contribution in [2.45, 2.75) is 25.5 Å². The molecule has 2 aliphatic rings. The first-order chi connectivity index (χ1) is 16.6. The number of hydrogen-bond donors (Lipinski definition) is 1. The second-order valence-electron chi connectivity index (χ2n) is 8.81. The summed E-state index contributed by atoms with van der Waals surface area (Å²) in [6, 6.07) is 14.9. The SMILES string of the molecule is COc1ccc(C(=O)N(CC2CC2)CC2CN(C(=O)NCc3ccccc3)CCO2)cc1OC. The molecule has 8 heteroatoms. The maximum atomic E-state index is 13.4. The molecule has 1 saturated heterocycles. The van der Waals surface area contributed by atoms with Gasteiger partial charge in [-0.3, -0.25) is 4.79 Å². The van der Waals surface area contributed by atoms with Gasteiger partial charge in [-0.05, 0) is 42.5 Å². The molecule has 0 spiro atoms. The highest BCUT2D eigenvalue weighted by atomic mass is 16.5. The molecule has 1 aliphatic carbocycles. The summed E-state index contributed by atoms with van der Waals surface area (Å²) in [5.74, 6) is 1.57. The van der Waals surface area contributed by atoms with Crippen molar-refractivity contribution >= 4 is 11.9 Å². The lowest BCUT2D eigenvalue weighted by molar-refractivity contribution is -0.0282. The molecule has 0 radical (unpaired) electrons. The molecule has 1 aliphatic heterocycles. The maximum absolute atomic E-state index is 13.4. The minimum absolute atomic E-state index is 0.0675. The average molecular weight is 468 g/mol. The molecule has 34 heavy (non-hydrogen) atoms. The first-order valence-corrected chi connectivity index (χ1v) is 11.8. The molecule has 2 fully saturated rings. The Morgan fingerprint density at radius 2 is 1.82 bits per heavy atom. The van der Waals surface area contributed by atoms with Gasteiger partial charge in [-0.2, -0.15) is 0 Å². The molecule has 0 aromatic heterocycles. The zero-order valence-corrected chi connectivity index (χ0v) is 19.9. The van der Waals surface area contributed by atoms with E-state index in [-0.39, 0.29) is 18.0 Å². The van der Waals surface area contributed by atoms with Gasteiger partial charge in [0.15, 0.2) is 11.5 Å². The second-order valence-corrected chi connectivity index (χ2v) is 8.81. The van der Waals surface area contributed by atoms with Crippen LogP contribution in [0.3, 0.4) is 0 Å². The van der Waals surface area contributed by atoms with Gasteiger partial charge >= 0.3 is 6.03 Å². The molecular weight excluding hydrogens is 434 g/mol. The van der Waals surface area contributed by atoms with Crippen LogP contribution in [-0.2, 0) is 11.3 Å². The Kier molecular flexibility index (Phi) is 7.90. The van der Waals surface area contributed by atoms with Crippen molar-refractivity contribution in [2.75, 3.05) is 47.0 Å². The van der Waals surface area contributed by atoms with Crippen molar-refractivity contribution < 1.29 is 23.8 Å². The molecular formula is C26H33N3O5. The number of methoxy groups -OCH3 is 2. The average Bonchev–Trinajstić information content (AvgIpc) is 3.71. The quantitative estimate of drug-likeness (QED) is 0.613. The van der Waals surface area contributed by atoms with Gasteiger partial charge in [-0.25, -0.2) is 4.79 Å². The summed E-state index contributed by atoms with van der Waals surface area (Å²) in [5, 5.41) is 2.98. The van der Waals surface area contributed by atoms with E-state index < -0.39 is 0 Å². The van der Waals surface area contributed by atoms with Crippen molar-refractivity contribution in [3.05, 3.63) is 59.7 Å². The molecule has 1 saturated carbocycles. The topological polar surface area (TPSA) is 80.3 Å².